The number of nitro benzene ring substituents is 1. The van der Waals surface area contributed by atoms with Gasteiger partial charge in [-0.15, -0.1) is 0 Å². The van der Waals surface area contributed by atoms with Crippen molar-refractivity contribution >= 4 is 11.4 Å². The smallest absolute Gasteiger partial charge is 0.292 e. The van der Waals surface area contributed by atoms with Gasteiger partial charge in [0, 0.05) is 25.2 Å². The highest BCUT2D eigenvalue weighted by Crippen LogP contribution is 2.35. The molecule has 1 aromatic rings. The normalized spacial score (nSPS) is 19.9. The monoisotopic (exact) mass is 249 g/mol. The lowest BCUT2D eigenvalue weighted by atomic mass is 9.99. The predicted octanol–water partition coefficient (Wildman–Crippen LogP) is 2.22. The Balaban J connectivity index is 2.44. The maximum absolute atomic E-state index is 11.2. The second-order valence-corrected chi connectivity index (χ2v) is 4.78. The van der Waals surface area contributed by atoms with E-state index in [1.807, 2.05) is 13.0 Å². The SMILES string of the molecule is Cc1cccc([N+](=O)[O-])c1N1CCCCC1CN. The molecule has 18 heavy (non-hydrogen) atoms. The fraction of sp³-hybridized carbons (Fsp3) is 0.538. The van der Waals surface area contributed by atoms with Gasteiger partial charge in [-0.25, -0.2) is 0 Å². The minimum atomic E-state index is -0.301. The second-order valence-electron chi connectivity index (χ2n) is 4.78. The number of nitro groups is 1. The molecular formula is C13H19N3O2. The first-order chi connectivity index (χ1) is 8.65. The van der Waals surface area contributed by atoms with Gasteiger partial charge in [-0.2, -0.15) is 0 Å². The third-order valence-corrected chi connectivity index (χ3v) is 3.60. The molecule has 0 amide bonds. The van der Waals surface area contributed by atoms with E-state index in [0.717, 1.165) is 37.1 Å². The van der Waals surface area contributed by atoms with Gasteiger partial charge in [0.25, 0.3) is 5.69 Å². The molecule has 1 aromatic carbocycles. The van der Waals surface area contributed by atoms with Crippen molar-refractivity contribution in [3.05, 3.63) is 33.9 Å². The summed E-state index contributed by atoms with van der Waals surface area (Å²) in [4.78, 5) is 13.0. The number of rotatable bonds is 3. The van der Waals surface area contributed by atoms with E-state index in [9.17, 15) is 10.1 Å². The van der Waals surface area contributed by atoms with E-state index in [4.69, 9.17) is 5.73 Å². The van der Waals surface area contributed by atoms with E-state index < -0.39 is 0 Å². The Morgan fingerprint density at radius 2 is 2.28 bits per heavy atom. The van der Waals surface area contributed by atoms with Crippen LogP contribution in [0.25, 0.3) is 0 Å². The van der Waals surface area contributed by atoms with Crippen LogP contribution in [0.2, 0.25) is 0 Å². The van der Waals surface area contributed by atoms with Gasteiger partial charge in [0.15, 0.2) is 0 Å². The third-order valence-electron chi connectivity index (χ3n) is 3.60. The maximum atomic E-state index is 11.2. The summed E-state index contributed by atoms with van der Waals surface area (Å²) in [5, 5.41) is 11.2. The van der Waals surface area contributed by atoms with E-state index in [-0.39, 0.29) is 16.7 Å². The van der Waals surface area contributed by atoms with Gasteiger partial charge in [0.05, 0.1) is 4.92 Å². The summed E-state index contributed by atoms with van der Waals surface area (Å²) in [6.07, 6.45) is 3.24. The van der Waals surface area contributed by atoms with Gasteiger partial charge >= 0.3 is 0 Å². The van der Waals surface area contributed by atoms with Crippen molar-refractivity contribution in [3.63, 3.8) is 0 Å². The van der Waals surface area contributed by atoms with Crippen molar-refractivity contribution in [1.29, 1.82) is 0 Å². The summed E-state index contributed by atoms with van der Waals surface area (Å²) in [6, 6.07) is 5.45. The Labute approximate surface area is 107 Å². The molecule has 5 heteroatoms. The fourth-order valence-corrected chi connectivity index (χ4v) is 2.70. The van der Waals surface area contributed by atoms with Crippen molar-refractivity contribution in [1.82, 2.24) is 0 Å². The van der Waals surface area contributed by atoms with E-state index in [2.05, 4.69) is 4.90 Å². The first-order valence-electron chi connectivity index (χ1n) is 6.36. The first-order valence-corrected chi connectivity index (χ1v) is 6.36. The van der Waals surface area contributed by atoms with Crippen LogP contribution in [0.1, 0.15) is 24.8 Å². The van der Waals surface area contributed by atoms with Gasteiger partial charge in [0.2, 0.25) is 0 Å². The van der Waals surface area contributed by atoms with E-state index >= 15 is 0 Å². The van der Waals surface area contributed by atoms with Crippen LogP contribution in [-0.2, 0) is 0 Å². The van der Waals surface area contributed by atoms with E-state index in [1.165, 1.54) is 0 Å². The molecule has 5 nitrogen and oxygen atoms in total. The van der Waals surface area contributed by atoms with Gasteiger partial charge in [0.1, 0.15) is 5.69 Å². The molecule has 2 N–H and O–H groups in total. The lowest BCUT2D eigenvalue weighted by Crippen LogP contribution is -2.44. The number of anilines is 1. The number of para-hydroxylation sites is 1. The first kappa shape index (κ1) is 12.8. The summed E-state index contributed by atoms with van der Waals surface area (Å²) in [6.45, 7) is 3.32. The summed E-state index contributed by atoms with van der Waals surface area (Å²) in [5.41, 5.74) is 7.68. The third kappa shape index (κ3) is 2.31. The number of hydrogen-bond donors (Lipinski definition) is 1. The molecule has 1 unspecified atom stereocenters. The number of hydrogen-bond acceptors (Lipinski definition) is 4. The number of nitrogens with two attached hydrogens (primary N) is 1. The molecule has 98 valence electrons. The fourth-order valence-electron chi connectivity index (χ4n) is 2.70. The Kier molecular flexibility index (Phi) is 3.81. The molecule has 1 fully saturated rings. The summed E-state index contributed by atoms with van der Waals surface area (Å²) in [7, 11) is 0. The number of piperidine rings is 1. The Bertz CT molecular complexity index is 448. The van der Waals surface area contributed by atoms with Crippen molar-refractivity contribution in [2.45, 2.75) is 32.2 Å². The summed E-state index contributed by atoms with van der Waals surface area (Å²) >= 11 is 0. The van der Waals surface area contributed by atoms with E-state index in [0.29, 0.717) is 6.54 Å². The molecule has 1 atom stereocenters. The highest BCUT2D eigenvalue weighted by atomic mass is 16.6. The van der Waals surface area contributed by atoms with Crippen molar-refractivity contribution < 1.29 is 4.92 Å². The summed E-state index contributed by atoms with van der Waals surface area (Å²) in [5.74, 6) is 0. The molecule has 2 rings (SSSR count). The van der Waals surface area contributed by atoms with Crippen LogP contribution in [0.4, 0.5) is 11.4 Å². The van der Waals surface area contributed by atoms with Crippen LogP contribution < -0.4 is 10.6 Å². The van der Waals surface area contributed by atoms with Crippen LogP contribution >= 0.6 is 0 Å². The number of aryl methyl sites for hydroxylation is 1. The van der Waals surface area contributed by atoms with Gasteiger partial charge in [-0.1, -0.05) is 12.1 Å². The molecule has 1 aliphatic heterocycles. The van der Waals surface area contributed by atoms with Crippen LogP contribution in [0.15, 0.2) is 18.2 Å². The zero-order chi connectivity index (χ0) is 13.1. The Hall–Kier alpha value is -1.62. The average molecular weight is 249 g/mol. The highest BCUT2D eigenvalue weighted by molar-refractivity contribution is 5.68. The number of benzene rings is 1. The highest BCUT2D eigenvalue weighted by Gasteiger charge is 2.28. The maximum Gasteiger partial charge on any atom is 0.292 e. The molecule has 0 radical (unpaired) electrons. The van der Waals surface area contributed by atoms with Crippen molar-refractivity contribution in [2.75, 3.05) is 18.0 Å². The van der Waals surface area contributed by atoms with Gasteiger partial charge in [-0.05, 0) is 31.7 Å². The zero-order valence-corrected chi connectivity index (χ0v) is 10.6. The molecule has 0 aliphatic carbocycles. The Morgan fingerprint density at radius 1 is 1.50 bits per heavy atom. The van der Waals surface area contributed by atoms with Gasteiger partial charge < -0.3 is 10.6 Å². The standard InChI is InChI=1S/C13H19N3O2/c1-10-5-4-7-12(16(17)18)13(10)15-8-3-2-6-11(15)9-14/h4-5,7,11H,2-3,6,8-9,14H2,1H3. The molecule has 1 aliphatic rings. The lowest BCUT2D eigenvalue weighted by Gasteiger charge is -2.37. The Morgan fingerprint density at radius 3 is 2.94 bits per heavy atom. The largest absolute Gasteiger partial charge is 0.362 e. The quantitative estimate of drug-likeness (QED) is 0.658. The summed E-state index contributed by atoms with van der Waals surface area (Å²) < 4.78 is 0. The molecule has 0 saturated carbocycles. The molecule has 0 aromatic heterocycles. The molecule has 1 saturated heterocycles. The lowest BCUT2D eigenvalue weighted by molar-refractivity contribution is -0.384. The zero-order valence-electron chi connectivity index (χ0n) is 10.6. The minimum absolute atomic E-state index is 0.190. The molecular weight excluding hydrogens is 230 g/mol. The molecule has 1 heterocycles. The second kappa shape index (κ2) is 5.35. The van der Waals surface area contributed by atoms with Crippen LogP contribution in [0, 0.1) is 17.0 Å². The molecule has 0 spiro atoms. The predicted molar refractivity (Wildman–Crippen MR) is 71.9 cm³/mol. The molecule has 0 bridgehead atoms. The van der Waals surface area contributed by atoms with Crippen LogP contribution in [0.3, 0.4) is 0 Å². The average Bonchev–Trinajstić information content (AvgIpc) is 2.38. The minimum Gasteiger partial charge on any atom is -0.362 e. The number of nitrogens with zero attached hydrogens (tertiary/aromatic N) is 2. The van der Waals surface area contributed by atoms with Crippen molar-refractivity contribution in [2.24, 2.45) is 5.73 Å². The van der Waals surface area contributed by atoms with Crippen molar-refractivity contribution in [3.8, 4) is 0 Å². The van der Waals surface area contributed by atoms with Crippen LogP contribution in [-0.4, -0.2) is 24.1 Å². The van der Waals surface area contributed by atoms with Crippen LogP contribution in [0.5, 0.6) is 0 Å². The topological polar surface area (TPSA) is 72.4 Å². The van der Waals surface area contributed by atoms with E-state index in [1.54, 1.807) is 12.1 Å². The van der Waals surface area contributed by atoms with Gasteiger partial charge in [-0.3, -0.25) is 10.1 Å².